The molecule has 0 N–H and O–H groups in total. The molecule has 0 amide bonds. The number of benzene rings is 8. The Morgan fingerprint density at radius 2 is 0.907 bits per heavy atom. The molecule has 0 saturated heterocycles. The number of hydrogen-bond acceptors (Lipinski definition) is 2. The topological polar surface area (TPSA) is 30.7 Å². The first kappa shape index (κ1) is 29.5. The van der Waals surface area contributed by atoms with Gasteiger partial charge in [-0.25, -0.2) is 9.97 Å². The maximum atomic E-state index is 5.31. The lowest BCUT2D eigenvalue weighted by molar-refractivity contribution is 0.792. The number of fused-ring (bicyclic) bond motifs is 14. The van der Waals surface area contributed by atoms with E-state index in [1.165, 1.54) is 66.3 Å². The minimum atomic E-state index is -0.526. The van der Waals surface area contributed by atoms with Crippen molar-refractivity contribution in [3.05, 3.63) is 210 Å². The van der Waals surface area contributed by atoms with E-state index >= 15 is 0 Å². The molecule has 0 bridgehead atoms. The largest absolute Gasteiger partial charge is 0.309 e. The number of rotatable bonds is 3. The number of aromatic nitrogens is 3. The Morgan fingerprint density at radius 1 is 0.370 bits per heavy atom. The third-order valence-electron chi connectivity index (χ3n) is 11.8. The lowest BCUT2D eigenvalue weighted by atomic mass is 9.70. The van der Waals surface area contributed by atoms with Gasteiger partial charge in [0.1, 0.15) is 0 Å². The van der Waals surface area contributed by atoms with Gasteiger partial charge >= 0.3 is 0 Å². The predicted octanol–water partition coefficient (Wildman–Crippen LogP) is 12.4. The van der Waals surface area contributed by atoms with Gasteiger partial charge in [0.2, 0.25) is 0 Å². The van der Waals surface area contributed by atoms with Crippen molar-refractivity contribution >= 4 is 32.7 Å². The average Bonchev–Trinajstić information content (AvgIpc) is 3.85. The van der Waals surface area contributed by atoms with Crippen molar-refractivity contribution in [1.29, 1.82) is 0 Å². The molecule has 8 aromatic carbocycles. The molecule has 0 saturated carbocycles. The molecule has 3 nitrogen and oxygen atoms in total. The number of para-hydroxylation sites is 3. The van der Waals surface area contributed by atoms with Gasteiger partial charge in [0, 0.05) is 33.0 Å². The molecule has 0 unspecified atom stereocenters. The molecule has 10 aromatic rings. The zero-order valence-electron chi connectivity index (χ0n) is 29.2. The van der Waals surface area contributed by atoms with Crippen molar-refractivity contribution in [3.63, 3.8) is 0 Å². The van der Waals surface area contributed by atoms with E-state index in [-0.39, 0.29) is 0 Å². The van der Waals surface area contributed by atoms with Crippen molar-refractivity contribution in [1.82, 2.24) is 14.5 Å². The second-order valence-corrected chi connectivity index (χ2v) is 14.5. The molecule has 3 heteroatoms. The lowest BCUT2D eigenvalue weighted by Crippen LogP contribution is -2.26. The van der Waals surface area contributed by atoms with Crippen molar-refractivity contribution in [3.8, 4) is 50.6 Å². The smallest absolute Gasteiger partial charge is 0.160 e. The summed E-state index contributed by atoms with van der Waals surface area (Å²) in [6, 6.07) is 68.4. The standard InChI is InChI=1S/C51H31N3/c1-2-14-32(15-3-1)49-41-20-6-11-23-46(41)52-50(53-49)33-26-28-37-38-29-27-34(54-47-24-12-7-18-39(47)40-19-8-13-25-48(40)54)31-45(38)51(44(37)30-33)42-21-9-4-16-35(42)36-17-5-10-22-43(36)51/h1-31H. The molecular formula is C51H31N3. The summed E-state index contributed by atoms with van der Waals surface area (Å²) in [5.74, 6) is 0.729. The van der Waals surface area contributed by atoms with Crippen LogP contribution in [0.1, 0.15) is 22.3 Å². The van der Waals surface area contributed by atoms with Gasteiger partial charge < -0.3 is 4.57 Å². The summed E-state index contributed by atoms with van der Waals surface area (Å²) in [5, 5.41) is 3.57. The predicted molar refractivity (Wildman–Crippen MR) is 221 cm³/mol. The fourth-order valence-electron chi connectivity index (χ4n) is 9.63. The quantitative estimate of drug-likeness (QED) is 0.185. The lowest BCUT2D eigenvalue weighted by Gasteiger charge is -2.31. The van der Waals surface area contributed by atoms with Crippen molar-refractivity contribution in [2.45, 2.75) is 5.41 Å². The monoisotopic (exact) mass is 685 g/mol. The van der Waals surface area contributed by atoms with E-state index in [1.807, 2.05) is 0 Å². The van der Waals surface area contributed by atoms with E-state index in [9.17, 15) is 0 Å². The highest BCUT2D eigenvalue weighted by Crippen LogP contribution is 2.63. The minimum absolute atomic E-state index is 0.526. The molecule has 1 spiro atoms. The molecule has 2 heterocycles. The van der Waals surface area contributed by atoms with E-state index < -0.39 is 5.41 Å². The summed E-state index contributed by atoms with van der Waals surface area (Å²) >= 11 is 0. The van der Waals surface area contributed by atoms with Gasteiger partial charge in [-0.15, -0.1) is 0 Å². The summed E-state index contributed by atoms with van der Waals surface area (Å²) < 4.78 is 2.44. The van der Waals surface area contributed by atoms with E-state index in [0.717, 1.165) is 39.2 Å². The molecule has 0 atom stereocenters. The Labute approximate surface area is 312 Å². The molecule has 2 aliphatic rings. The zero-order chi connectivity index (χ0) is 35.4. The first-order chi connectivity index (χ1) is 26.8. The Hall–Kier alpha value is -7.10. The number of nitrogens with zero attached hydrogens (tertiary/aromatic N) is 3. The van der Waals surface area contributed by atoms with Crippen LogP contribution >= 0.6 is 0 Å². The SMILES string of the molecule is c1ccc(-c2nc(-c3ccc4c(c3)C3(c5ccccc5-c5ccccc53)c3cc(-n5c6ccccc6c6ccccc65)ccc3-4)nc3ccccc23)cc1. The highest BCUT2D eigenvalue weighted by Gasteiger charge is 2.52. The summed E-state index contributed by atoms with van der Waals surface area (Å²) in [4.78, 5) is 10.5. The number of hydrogen-bond donors (Lipinski definition) is 0. The summed E-state index contributed by atoms with van der Waals surface area (Å²) in [7, 11) is 0. The molecular weight excluding hydrogens is 655 g/mol. The van der Waals surface area contributed by atoms with Crippen molar-refractivity contribution in [2.24, 2.45) is 0 Å². The molecule has 12 rings (SSSR count). The molecule has 2 aromatic heterocycles. The van der Waals surface area contributed by atoms with Crippen LogP contribution in [-0.4, -0.2) is 14.5 Å². The van der Waals surface area contributed by atoms with E-state index in [4.69, 9.17) is 9.97 Å². The van der Waals surface area contributed by atoms with Gasteiger partial charge in [-0.2, -0.15) is 0 Å². The van der Waals surface area contributed by atoms with Crippen LogP contribution < -0.4 is 0 Å². The normalized spacial score (nSPS) is 13.3. The van der Waals surface area contributed by atoms with Crippen LogP contribution in [0, 0.1) is 0 Å². The molecule has 0 fully saturated rings. The van der Waals surface area contributed by atoms with Crippen molar-refractivity contribution < 1.29 is 0 Å². The van der Waals surface area contributed by atoms with Crippen LogP contribution in [0.3, 0.4) is 0 Å². The first-order valence-corrected chi connectivity index (χ1v) is 18.6. The maximum Gasteiger partial charge on any atom is 0.160 e. The minimum Gasteiger partial charge on any atom is -0.309 e. The summed E-state index contributed by atoms with van der Waals surface area (Å²) in [5.41, 5.74) is 17.3. The van der Waals surface area contributed by atoms with Crippen LogP contribution in [0.15, 0.2) is 188 Å². The van der Waals surface area contributed by atoms with Gasteiger partial charge in [0.05, 0.1) is 27.7 Å². The fourth-order valence-corrected chi connectivity index (χ4v) is 9.63. The van der Waals surface area contributed by atoms with Crippen LogP contribution in [0.5, 0.6) is 0 Å². The van der Waals surface area contributed by atoms with Crippen LogP contribution in [0.2, 0.25) is 0 Å². The highest BCUT2D eigenvalue weighted by atomic mass is 15.0. The molecule has 250 valence electrons. The third kappa shape index (κ3) is 3.85. The second kappa shape index (κ2) is 11.0. The Bertz CT molecular complexity index is 3070. The molecule has 2 aliphatic carbocycles. The maximum absolute atomic E-state index is 5.31. The summed E-state index contributed by atoms with van der Waals surface area (Å²) in [6.07, 6.45) is 0. The molecule has 0 radical (unpaired) electrons. The Balaban J connectivity index is 1.15. The second-order valence-electron chi connectivity index (χ2n) is 14.5. The van der Waals surface area contributed by atoms with E-state index in [1.54, 1.807) is 0 Å². The van der Waals surface area contributed by atoms with Gasteiger partial charge in [-0.3, -0.25) is 0 Å². The van der Waals surface area contributed by atoms with E-state index in [0.29, 0.717) is 0 Å². The summed E-state index contributed by atoms with van der Waals surface area (Å²) in [6.45, 7) is 0. The van der Waals surface area contributed by atoms with Gasteiger partial charge in [-0.05, 0) is 80.9 Å². The van der Waals surface area contributed by atoms with Crippen LogP contribution in [0.25, 0.3) is 83.3 Å². The van der Waals surface area contributed by atoms with Gasteiger partial charge in [0.15, 0.2) is 5.82 Å². The third-order valence-corrected chi connectivity index (χ3v) is 11.8. The van der Waals surface area contributed by atoms with Gasteiger partial charge in [0.25, 0.3) is 0 Å². The fraction of sp³-hybridized carbons (Fsp3) is 0.0196. The van der Waals surface area contributed by atoms with Crippen LogP contribution in [0.4, 0.5) is 0 Å². The Kier molecular flexibility index (Phi) is 5.98. The molecule has 54 heavy (non-hydrogen) atoms. The van der Waals surface area contributed by atoms with Crippen LogP contribution in [-0.2, 0) is 5.41 Å². The van der Waals surface area contributed by atoms with E-state index in [2.05, 4.69) is 193 Å². The first-order valence-electron chi connectivity index (χ1n) is 18.6. The highest BCUT2D eigenvalue weighted by molar-refractivity contribution is 6.09. The average molecular weight is 686 g/mol. The van der Waals surface area contributed by atoms with Gasteiger partial charge in [-0.1, -0.05) is 152 Å². The van der Waals surface area contributed by atoms with Crippen molar-refractivity contribution in [2.75, 3.05) is 0 Å². The zero-order valence-corrected chi connectivity index (χ0v) is 29.2. The Morgan fingerprint density at radius 3 is 1.61 bits per heavy atom. The molecule has 0 aliphatic heterocycles.